The number of nitrogens with one attached hydrogen (secondary N) is 1. The number of hydrogen-bond acceptors (Lipinski definition) is 3. The van der Waals surface area contributed by atoms with Crippen LogP contribution in [0.4, 0.5) is 5.69 Å². The quantitative estimate of drug-likeness (QED) is 0.232. The van der Waals surface area contributed by atoms with E-state index in [1.165, 1.54) is 5.56 Å². The molecule has 0 aliphatic carbocycles. The number of benzene rings is 1. The number of nitrogens with zero attached hydrogens (tertiary/aromatic N) is 1. The number of oxime groups is 1. The van der Waals surface area contributed by atoms with Crippen molar-refractivity contribution >= 4 is 11.5 Å². The summed E-state index contributed by atoms with van der Waals surface area (Å²) in [7, 11) is 0. The maximum Gasteiger partial charge on any atom is 0.144 e. The van der Waals surface area contributed by atoms with Crippen molar-refractivity contribution in [1.29, 1.82) is 0 Å². The third-order valence-corrected chi connectivity index (χ3v) is 3.41. The molecule has 0 aromatic heterocycles. The summed E-state index contributed by atoms with van der Waals surface area (Å²) in [5, 5.41) is 15.2. The van der Waals surface area contributed by atoms with Crippen LogP contribution in [0, 0.1) is 12.3 Å². The fourth-order valence-corrected chi connectivity index (χ4v) is 1.86. The lowest BCUT2D eigenvalue weighted by Crippen LogP contribution is -2.31. The number of anilines is 1. The standard InChI is InChI=1S/C15H25N3O/c1-12-6-8-13(9-7-12)17-11-5-4-10-15(2,3)14(16)18-19/h6-9,17,19H,4-5,10-11H2,1-3H3,(H2,16,18). The molecule has 19 heavy (non-hydrogen) atoms. The Morgan fingerprint density at radius 3 is 2.47 bits per heavy atom. The number of rotatable bonds is 7. The molecule has 4 nitrogen and oxygen atoms in total. The Labute approximate surface area is 115 Å². The summed E-state index contributed by atoms with van der Waals surface area (Å²) in [6.07, 6.45) is 3.02. The molecule has 4 N–H and O–H groups in total. The molecule has 1 aromatic carbocycles. The monoisotopic (exact) mass is 263 g/mol. The predicted octanol–water partition coefficient (Wildman–Crippen LogP) is 3.35. The van der Waals surface area contributed by atoms with Gasteiger partial charge in [0.25, 0.3) is 0 Å². The number of aryl methyl sites for hydroxylation is 1. The van der Waals surface area contributed by atoms with Gasteiger partial charge in [-0.1, -0.05) is 43.1 Å². The molecule has 1 rings (SSSR count). The number of amidine groups is 1. The van der Waals surface area contributed by atoms with Gasteiger partial charge in [-0.15, -0.1) is 0 Å². The van der Waals surface area contributed by atoms with Gasteiger partial charge >= 0.3 is 0 Å². The van der Waals surface area contributed by atoms with Crippen molar-refractivity contribution in [3.05, 3.63) is 29.8 Å². The lowest BCUT2D eigenvalue weighted by atomic mass is 9.86. The SMILES string of the molecule is Cc1ccc(NCCCCC(C)(C)/C(N)=N/O)cc1. The van der Waals surface area contributed by atoms with E-state index in [9.17, 15) is 0 Å². The van der Waals surface area contributed by atoms with E-state index < -0.39 is 0 Å². The Hall–Kier alpha value is -1.71. The third kappa shape index (κ3) is 5.20. The van der Waals surface area contributed by atoms with E-state index in [1.807, 2.05) is 13.8 Å². The van der Waals surface area contributed by atoms with E-state index in [1.54, 1.807) is 0 Å². The highest BCUT2D eigenvalue weighted by Crippen LogP contribution is 2.23. The van der Waals surface area contributed by atoms with Gasteiger partial charge in [0.05, 0.1) is 0 Å². The smallest absolute Gasteiger partial charge is 0.144 e. The molecular formula is C15H25N3O. The molecule has 0 aliphatic heterocycles. The van der Waals surface area contributed by atoms with Gasteiger partial charge in [0.2, 0.25) is 0 Å². The van der Waals surface area contributed by atoms with Crippen LogP contribution in [0.15, 0.2) is 29.4 Å². The van der Waals surface area contributed by atoms with E-state index in [-0.39, 0.29) is 5.41 Å². The topological polar surface area (TPSA) is 70.6 Å². The lowest BCUT2D eigenvalue weighted by Gasteiger charge is -2.22. The largest absolute Gasteiger partial charge is 0.409 e. The van der Waals surface area contributed by atoms with Gasteiger partial charge in [0, 0.05) is 17.6 Å². The first-order valence-electron chi connectivity index (χ1n) is 6.74. The first-order chi connectivity index (χ1) is 8.95. The molecule has 0 fully saturated rings. The highest BCUT2D eigenvalue weighted by atomic mass is 16.4. The molecule has 0 saturated carbocycles. The van der Waals surface area contributed by atoms with Crippen LogP contribution in [0.25, 0.3) is 0 Å². The second-order valence-electron chi connectivity index (χ2n) is 5.62. The van der Waals surface area contributed by atoms with Crippen LogP contribution < -0.4 is 11.1 Å². The van der Waals surface area contributed by atoms with Crippen LogP contribution in [0.1, 0.15) is 38.7 Å². The molecule has 106 valence electrons. The first kappa shape index (κ1) is 15.3. The minimum absolute atomic E-state index is 0.237. The maximum atomic E-state index is 8.69. The summed E-state index contributed by atoms with van der Waals surface area (Å²) in [4.78, 5) is 0. The Morgan fingerprint density at radius 1 is 1.26 bits per heavy atom. The fraction of sp³-hybridized carbons (Fsp3) is 0.533. The molecule has 0 atom stereocenters. The summed E-state index contributed by atoms with van der Waals surface area (Å²) in [5.74, 6) is 0.305. The van der Waals surface area contributed by atoms with Crippen molar-refractivity contribution in [2.45, 2.75) is 40.0 Å². The average molecular weight is 263 g/mol. The van der Waals surface area contributed by atoms with Crippen LogP contribution in [0.3, 0.4) is 0 Å². The first-order valence-corrected chi connectivity index (χ1v) is 6.74. The molecule has 0 amide bonds. The highest BCUT2D eigenvalue weighted by molar-refractivity contribution is 5.85. The van der Waals surface area contributed by atoms with Gasteiger partial charge < -0.3 is 16.3 Å². The van der Waals surface area contributed by atoms with Gasteiger partial charge in [0.15, 0.2) is 0 Å². The van der Waals surface area contributed by atoms with E-state index in [4.69, 9.17) is 10.9 Å². The van der Waals surface area contributed by atoms with E-state index in [0.717, 1.165) is 31.5 Å². The summed E-state index contributed by atoms with van der Waals surface area (Å²) in [6.45, 7) is 7.01. The molecular weight excluding hydrogens is 238 g/mol. The average Bonchev–Trinajstić information content (AvgIpc) is 2.39. The van der Waals surface area contributed by atoms with Gasteiger partial charge in [0.1, 0.15) is 5.84 Å². The van der Waals surface area contributed by atoms with Gasteiger partial charge in [-0.25, -0.2) is 0 Å². The van der Waals surface area contributed by atoms with Crippen molar-refractivity contribution in [2.24, 2.45) is 16.3 Å². The van der Waals surface area contributed by atoms with E-state index in [2.05, 4.69) is 41.7 Å². The predicted molar refractivity (Wildman–Crippen MR) is 80.7 cm³/mol. The second-order valence-corrected chi connectivity index (χ2v) is 5.62. The molecule has 0 unspecified atom stereocenters. The Kier molecular flexibility index (Phi) is 5.67. The summed E-state index contributed by atoms with van der Waals surface area (Å²) < 4.78 is 0. The molecule has 4 heteroatoms. The Balaban J connectivity index is 2.23. The molecule has 1 aromatic rings. The Bertz CT molecular complexity index is 410. The molecule has 0 aliphatic rings. The zero-order chi connectivity index (χ0) is 14.3. The molecule has 0 bridgehead atoms. The van der Waals surface area contributed by atoms with Crippen molar-refractivity contribution in [1.82, 2.24) is 0 Å². The molecule has 0 heterocycles. The highest BCUT2D eigenvalue weighted by Gasteiger charge is 2.22. The van der Waals surface area contributed by atoms with E-state index in [0.29, 0.717) is 5.84 Å². The van der Waals surface area contributed by atoms with Crippen LogP contribution in [0.2, 0.25) is 0 Å². The Morgan fingerprint density at radius 2 is 1.89 bits per heavy atom. The molecule has 0 radical (unpaired) electrons. The van der Waals surface area contributed by atoms with Gasteiger partial charge in [-0.3, -0.25) is 0 Å². The number of unbranched alkanes of at least 4 members (excludes halogenated alkanes) is 1. The van der Waals surface area contributed by atoms with Gasteiger partial charge in [-0.05, 0) is 31.9 Å². The van der Waals surface area contributed by atoms with Crippen LogP contribution in [0.5, 0.6) is 0 Å². The van der Waals surface area contributed by atoms with Crippen LogP contribution >= 0.6 is 0 Å². The minimum atomic E-state index is -0.237. The molecule has 0 spiro atoms. The molecule has 0 saturated heterocycles. The van der Waals surface area contributed by atoms with Crippen molar-refractivity contribution in [2.75, 3.05) is 11.9 Å². The zero-order valence-corrected chi connectivity index (χ0v) is 12.1. The lowest BCUT2D eigenvalue weighted by molar-refractivity contribution is 0.304. The normalized spacial score (nSPS) is 12.5. The number of nitrogens with two attached hydrogens (primary N) is 1. The third-order valence-electron chi connectivity index (χ3n) is 3.41. The summed E-state index contributed by atoms with van der Waals surface area (Å²) >= 11 is 0. The van der Waals surface area contributed by atoms with Crippen LogP contribution in [-0.4, -0.2) is 17.6 Å². The minimum Gasteiger partial charge on any atom is -0.409 e. The summed E-state index contributed by atoms with van der Waals surface area (Å²) in [5.41, 5.74) is 7.84. The zero-order valence-electron chi connectivity index (χ0n) is 12.1. The van der Waals surface area contributed by atoms with Crippen molar-refractivity contribution in [3.63, 3.8) is 0 Å². The van der Waals surface area contributed by atoms with Crippen molar-refractivity contribution in [3.8, 4) is 0 Å². The summed E-state index contributed by atoms with van der Waals surface area (Å²) in [6, 6.07) is 8.39. The van der Waals surface area contributed by atoms with E-state index >= 15 is 0 Å². The van der Waals surface area contributed by atoms with Crippen LogP contribution in [-0.2, 0) is 0 Å². The number of hydrogen-bond donors (Lipinski definition) is 3. The second kappa shape index (κ2) is 7.02. The maximum absolute atomic E-state index is 8.69. The van der Waals surface area contributed by atoms with Gasteiger partial charge in [-0.2, -0.15) is 0 Å². The fourth-order valence-electron chi connectivity index (χ4n) is 1.86. The van der Waals surface area contributed by atoms with Crippen molar-refractivity contribution < 1.29 is 5.21 Å².